The summed E-state index contributed by atoms with van der Waals surface area (Å²) in [6, 6.07) is 0.164. The predicted octanol–water partition coefficient (Wildman–Crippen LogP) is 1.12. The lowest BCUT2D eigenvalue weighted by Crippen LogP contribution is -2.45. The lowest BCUT2D eigenvalue weighted by atomic mass is 10.1. The average molecular weight is 184 g/mol. The lowest BCUT2D eigenvalue weighted by Gasteiger charge is -2.26. The van der Waals surface area contributed by atoms with Crippen LogP contribution in [0.15, 0.2) is 0 Å². The van der Waals surface area contributed by atoms with Crippen molar-refractivity contribution in [1.29, 1.82) is 0 Å². The molecule has 1 aliphatic rings. The van der Waals surface area contributed by atoms with Gasteiger partial charge in [0, 0.05) is 12.6 Å². The second kappa shape index (κ2) is 4.61. The zero-order chi connectivity index (χ0) is 9.84. The maximum atomic E-state index is 11.7. The fourth-order valence-electron chi connectivity index (χ4n) is 1.94. The molecule has 3 heteroatoms. The van der Waals surface area contributed by atoms with E-state index in [2.05, 4.69) is 6.92 Å². The van der Waals surface area contributed by atoms with Gasteiger partial charge in [0.2, 0.25) is 5.91 Å². The van der Waals surface area contributed by atoms with Crippen LogP contribution in [-0.4, -0.2) is 29.4 Å². The van der Waals surface area contributed by atoms with Gasteiger partial charge in [-0.2, -0.15) is 0 Å². The molecule has 1 amide bonds. The number of carbonyl (C=O) groups excluding carboxylic acids is 1. The van der Waals surface area contributed by atoms with Gasteiger partial charge in [0.1, 0.15) is 0 Å². The molecule has 3 nitrogen and oxygen atoms in total. The molecule has 2 atom stereocenters. The molecule has 76 valence electrons. The van der Waals surface area contributed by atoms with E-state index in [1.807, 2.05) is 11.8 Å². The second-order valence-electron chi connectivity index (χ2n) is 3.75. The fraction of sp³-hybridized carbons (Fsp3) is 0.900. The average Bonchev–Trinajstić information content (AvgIpc) is 2.62. The Morgan fingerprint density at radius 2 is 2.31 bits per heavy atom. The summed E-state index contributed by atoms with van der Waals surface area (Å²) in [5.41, 5.74) is 5.72. The summed E-state index contributed by atoms with van der Waals surface area (Å²) in [7, 11) is 0. The predicted molar refractivity (Wildman–Crippen MR) is 53.3 cm³/mol. The number of nitrogens with two attached hydrogens (primary N) is 1. The van der Waals surface area contributed by atoms with Crippen LogP contribution in [0.5, 0.6) is 0 Å². The van der Waals surface area contributed by atoms with Crippen LogP contribution in [0.3, 0.4) is 0 Å². The first-order chi connectivity index (χ1) is 6.20. The first-order valence-electron chi connectivity index (χ1n) is 5.26. The Bertz CT molecular complexity index is 182. The van der Waals surface area contributed by atoms with Gasteiger partial charge in [-0.3, -0.25) is 4.79 Å². The molecule has 0 spiro atoms. The van der Waals surface area contributed by atoms with Gasteiger partial charge < -0.3 is 10.6 Å². The number of rotatable bonds is 3. The SMILES string of the molecule is CCC1CCCN1C(=O)[C@H](N)CC. The van der Waals surface area contributed by atoms with Crippen molar-refractivity contribution in [3.63, 3.8) is 0 Å². The highest BCUT2D eigenvalue weighted by Crippen LogP contribution is 2.20. The molecule has 1 rings (SSSR count). The Balaban J connectivity index is 2.54. The van der Waals surface area contributed by atoms with E-state index in [1.54, 1.807) is 0 Å². The molecule has 0 aromatic heterocycles. The maximum absolute atomic E-state index is 11.7. The third-order valence-corrected chi connectivity index (χ3v) is 2.89. The summed E-state index contributed by atoms with van der Waals surface area (Å²) in [5.74, 6) is 0.145. The van der Waals surface area contributed by atoms with Crippen LogP contribution in [0.25, 0.3) is 0 Å². The minimum Gasteiger partial charge on any atom is -0.338 e. The molecule has 0 aromatic carbocycles. The Labute approximate surface area is 80.3 Å². The number of hydrogen-bond acceptors (Lipinski definition) is 2. The van der Waals surface area contributed by atoms with Crippen LogP contribution in [0, 0.1) is 0 Å². The van der Waals surface area contributed by atoms with E-state index in [1.165, 1.54) is 0 Å². The summed E-state index contributed by atoms with van der Waals surface area (Å²) >= 11 is 0. The van der Waals surface area contributed by atoms with Crippen LogP contribution in [0.4, 0.5) is 0 Å². The minimum atomic E-state index is -0.285. The van der Waals surface area contributed by atoms with Crippen LogP contribution in [-0.2, 0) is 4.79 Å². The Morgan fingerprint density at radius 3 is 2.85 bits per heavy atom. The Kier molecular flexibility index (Phi) is 3.72. The molecular weight excluding hydrogens is 164 g/mol. The zero-order valence-corrected chi connectivity index (χ0v) is 8.62. The maximum Gasteiger partial charge on any atom is 0.239 e. The summed E-state index contributed by atoms with van der Waals surface area (Å²) in [5, 5.41) is 0. The Hall–Kier alpha value is -0.570. The number of amides is 1. The number of hydrogen-bond donors (Lipinski definition) is 1. The van der Waals surface area contributed by atoms with Gasteiger partial charge in [-0.05, 0) is 25.7 Å². The minimum absolute atomic E-state index is 0.145. The Morgan fingerprint density at radius 1 is 1.62 bits per heavy atom. The van der Waals surface area contributed by atoms with Gasteiger partial charge >= 0.3 is 0 Å². The van der Waals surface area contributed by atoms with E-state index in [9.17, 15) is 4.79 Å². The first kappa shape index (κ1) is 10.5. The molecule has 0 aliphatic carbocycles. The molecule has 0 saturated carbocycles. The number of likely N-dealkylation sites (tertiary alicyclic amines) is 1. The van der Waals surface area contributed by atoms with Gasteiger partial charge in [0.15, 0.2) is 0 Å². The summed E-state index contributed by atoms with van der Waals surface area (Å²) < 4.78 is 0. The van der Waals surface area contributed by atoms with Gasteiger partial charge in [-0.25, -0.2) is 0 Å². The van der Waals surface area contributed by atoms with Crippen molar-refractivity contribution in [3.05, 3.63) is 0 Å². The highest BCUT2D eigenvalue weighted by molar-refractivity contribution is 5.82. The highest BCUT2D eigenvalue weighted by atomic mass is 16.2. The van der Waals surface area contributed by atoms with Crippen molar-refractivity contribution >= 4 is 5.91 Å². The number of carbonyl (C=O) groups is 1. The molecule has 1 heterocycles. The van der Waals surface area contributed by atoms with Crippen LogP contribution < -0.4 is 5.73 Å². The smallest absolute Gasteiger partial charge is 0.239 e. The lowest BCUT2D eigenvalue weighted by molar-refractivity contribution is -0.133. The van der Waals surface area contributed by atoms with Gasteiger partial charge in [-0.1, -0.05) is 13.8 Å². The largest absolute Gasteiger partial charge is 0.338 e. The van der Waals surface area contributed by atoms with Crippen LogP contribution in [0.1, 0.15) is 39.5 Å². The van der Waals surface area contributed by atoms with Crippen molar-refractivity contribution < 1.29 is 4.79 Å². The van der Waals surface area contributed by atoms with Crippen molar-refractivity contribution in [2.45, 2.75) is 51.6 Å². The van der Waals surface area contributed by atoms with Crippen LogP contribution >= 0.6 is 0 Å². The van der Waals surface area contributed by atoms with Gasteiger partial charge in [0.05, 0.1) is 6.04 Å². The molecule has 1 unspecified atom stereocenters. The van der Waals surface area contributed by atoms with Crippen molar-refractivity contribution in [1.82, 2.24) is 4.90 Å². The van der Waals surface area contributed by atoms with Crippen molar-refractivity contribution in [2.24, 2.45) is 5.73 Å². The molecule has 0 bridgehead atoms. The molecule has 0 aromatic rings. The molecule has 1 saturated heterocycles. The van der Waals surface area contributed by atoms with E-state index in [0.717, 1.165) is 32.2 Å². The summed E-state index contributed by atoms with van der Waals surface area (Å²) in [4.78, 5) is 13.7. The van der Waals surface area contributed by atoms with Gasteiger partial charge in [-0.15, -0.1) is 0 Å². The van der Waals surface area contributed by atoms with E-state index >= 15 is 0 Å². The second-order valence-corrected chi connectivity index (χ2v) is 3.75. The monoisotopic (exact) mass is 184 g/mol. The third kappa shape index (κ3) is 2.21. The molecule has 2 N–H and O–H groups in total. The molecule has 13 heavy (non-hydrogen) atoms. The first-order valence-corrected chi connectivity index (χ1v) is 5.26. The van der Waals surface area contributed by atoms with Crippen molar-refractivity contribution in [2.75, 3.05) is 6.54 Å². The molecular formula is C10H20N2O. The molecule has 1 fully saturated rings. The van der Waals surface area contributed by atoms with E-state index < -0.39 is 0 Å². The third-order valence-electron chi connectivity index (χ3n) is 2.89. The topological polar surface area (TPSA) is 46.3 Å². The summed E-state index contributed by atoms with van der Waals surface area (Å²) in [6.45, 7) is 5.00. The van der Waals surface area contributed by atoms with Gasteiger partial charge in [0.25, 0.3) is 0 Å². The highest BCUT2D eigenvalue weighted by Gasteiger charge is 2.29. The van der Waals surface area contributed by atoms with E-state index in [0.29, 0.717) is 6.04 Å². The molecule has 1 aliphatic heterocycles. The summed E-state index contributed by atoms with van der Waals surface area (Å²) in [6.07, 6.45) is 4.09. The van der Waals surface area contributed by atoms with Crippen LogP contribution in [0.2, 0.25) is 0 Å². The van der Waals surface area contributed by atoms with E-state index in [-0.39, 0.29) is 11.9 Å². The fourth-order valence-corrected chi connectivity index (χ4v) is 1.94. The number of nitrogens with zero attached hydrogens (tertiary/aromatic N) is 1. The zero-order valence-electron chi connectivity index (χ0n) is 8.62. The van der Waals surface area contributed by atoms with E-state index in [4.69, 9.17) is 5.73 Å². The normalized spacial score (nSPS) is 24.8. The standard InChI is InChI=1S/C10H20N2O/c1-3-8-6-5-7-12(8)10(13)9(11)4-2/h8-9H,3-7,11H2,1-2H3/t8?,9-/m1/s1. The quantitative estimate of drug-likeness (QED) is 0.714. The van der Waals surface area contributed by atoms with Crippen molar-refractivity contribution in [3.8, 4) is 0 Å². The molecule has 0 radical (unpaired) electrons.